The van der Waals surface area contributed by atoms with E-state index in [0.717, 1.165) is 6.07 Å². The lowest BCUT2D eigenvalue weighted by Gasteiger charge is -2.15. The zero-order valence-corrected chi connectivity index (χ0v) is 14.5. The van der Waals surface area contributed by atoms with Crippen molar-refractivity contribution in [1.29, 1.82) is 0 Å². The summed E-state index contributed by atoms with van der Waals surface area (Å²) in [6.45, 7) is 0. The molecule has 1 aromatic heterocycles. The lowest BCUT2D eigenvalue weighted by atomic mass is 9.93. The summed E-state index contributed by atoms with van der Waals surface area (Å²) in [5, 5.41) is 21.4. The Balaban J connectivity index is 2.34. The van der Waals surface area contributed by atoms with Crippen LogP contribution in [0.5, 0.6) is 0 Å². The highest BCUT2D eigenvalue weighted by molar-refractivity contribution is 7.89. The van der Waals surface area contributed by atoms with E-state index in [9.17, 15) is 31.2 Å². The third-order valence-electron chi connectivity index (χ3n) is 2.88. The van der Waals surface area contributed by atoms with Gasteiger partial charge in [-0.2, -0.15) is 18.4 Å². The summed E-state index contributed by atoms with van der Waals surface area (Å²) in [6.07, 6.45) is -6.19. The standard InChI is InChI=1S/C9H10BF3N5O7PS/c11-9(12,13)6-3-5(8-15-17-18-16-8)1-2-7(6)27(23,24)14-4-10(19)25-26(20,21)22/h1-3,14,19H,4H2,(H2,20,21,22)(H,15,16,17,18). The molecule has 0 amide bonds. The molecule has 5 N–H and O–H groups in total. The molecule has 0 spiro atoms. The fourth-order valence-electron chi connectivity index (χ4n) is 1.86. The van der Waals surface area contributed by atoms with E-state index in [1.807, 2.05) is 0 Å². The van der Waals surface area contributed by atoms with E-state index in [2.05, 4.69) is 25.1 Å². The molecule has 0 bridgehead atoms. The number of nitrogens with zero attached hydrogens (tertiary/aromatic N) is 3. The number of phosphoric acid groups is 1. The number of tetrazole rings is 1. The molecule has 0 aliphatic carbocycles. The zero-order chi connectivity index (χ0) is 20.5. The lowest BCUT2D eigenvalue weighted by molar-refractivity contribution is -0.139. The summed E-state index contributed by atoms with van der Waals surface area (Å²) in [4.78, 5) is 15.8. The van der Waals surface area contributed by atoms with Crippen LogP contribution in [-0.2, 0) is 25.2 Å². The van der Waals surface area contributed by atoms with Crippen molar-refractivity contribution >= 4 is 25.0 Å². The molecule has 0 fully saturated rings. The van der Waals surface area contributed by atoms with Crippen LogP contribution in [0.2, 0.25) is 0 Å². The number of H-pyrrole nitrogens is 1. The second-order valence-corrected chi connectivity index (χ2v) is 7.77. The van der Waals surface area contributed by atoms with Gasteiger partial charge in [0.2, 0.25) is 15.8 Å². The summed E-state index contributed by atoms with van der Waals surface area (Å²) in [6, 6.07) is 2.12. The summed E-state index contributed by atoms with van der Waals surface area (Å²) >= 11 is 0. The van der Waals surface area contributed by atoms with E-state index in [4.69, 9.17) is 9.79 Å². The van der Waals surface area contributed by atoms with Crippen molar-refractivity contribution < 1.29 is 45.4 Å². The molecule has 2 aromatic rings. The maximum Gasteiger partial charge on any atom is 0.478 e. The maximum absolute atomic E-state index is 13.3. The van der Waals surface area contributed by atoms with Gasteiger partial charge in [0.1, 0.15) is 0 Å². The van der Waals surface area contributed by atoms with Crippen LogP contribution in [0, 0.1) is 0 Å². The molecule has 148 valence electrons. The lowest BCUT2D eigenvalue weighted by Crippen LogP contribution is -2.37. The fourth-order valence-corrected chi connectivity index (χ4v) is 3.48. The third kappa shape index (κ3) is 5.80. The first-order valence-electron chi connectivity index (χ1n) is 6.66. The molecule has 0 saturated heterocycles. The first-order chi connectivity index (χ1) is 12.3. The molecule has 27 heavy (non-hydrogen) atoms. The zero-order valence-electron chi connectivity index (χ0n) is 12.8. The summed E-state index contributed by atoms with van der Waals surface area (Å²) in [7, 11) is -12.3. The minimum absolute atomic E-state index is 0.167. The number of alkyl halides is 3. The normalized spacial score (nSPS) is 13.0. The van der Waals surface area contributed by atoms with E-state index in [1.54, 1.807) is 4.72 Å². The van der Waals surface area contributed by atoms with E-state index in [1.165, 1.54) is 0 Å². The van der Waals surface area contributed by atoms with Gasteiger partial charge in [-0.05, 0) is 23.4 Å². The predicted molar refractivity (Wildman–Crippen MR) is 80.9 cm³/mol. The van der Waals surface area contributed by atoms with Crippen LogP contribution >= 0.6 is 7.82 Å². The summed E-state index contributed by atoms with van der Waals surface area (Å²) < 4.78 is 80.0. The van der Waals surface area contributed by atoms with Gasteiger partial charge in [0, 0.05) is 12.0 Å². The molecule has 0 saturated carbocycles. The Morgan fingerprint density at radius 3 is 2.52 bits per heavy atom. The van der Waals surface area contributed by atoms with Crippen molar-refractivity contribution in [2.24, 2.45) is 0 Å². The van der Waals surface area contributed by atoms with Gasteiger partial charge in [0.25, 0.3) is 0 Å². The Bertz CT molecular complexity index is 951. The highest BCUT2D eigenvalue weighted by Crippen LogP contribution is 2.37. The highest BCUT2D eigenvalue weighted by atomic mass is 32.2. The van der Waals surface area contributed by atoms with Crippen molar-refractivity contribution in [3.63, 3.8) is 0 Å². The number of benzene rings is 1. The van der Waals surface area contributed by atoms with Gasteiger partial charge in [-0.25, -0.2) is 17.7 Å². The SMILES string of the molecule is O=P(O)(O)OB(O)CNS(=O)(=O)c1ccc(-c2nn[nH]n2)cc1C(F)(F)F. The molecule has 1 heterocycles. The van der Waals surface area contributed by atoms with Crippen molar-refractivity contribution in [2.45, 2.75) is 11.1 Å². The average molecular weight is 431 g/mol. The van der Waals surface area contributed by atoms with Gasteiger partial charge in [-0.3, -0.25) is 0 Å². The van der Waals surface area contributed by atoms with E-state index < -0.39 is 48.0 Å². The molecule has 0 unspecified atom stereocenters. The third-order valence-corrected chi connectivity index (χ3v) is 4.88. The minimum Gasteiger partial charge on any atom is -0.426 e. The summed E-state index contributed by atoms with van der Waals surface area (Å²) in [5.74, 6) is -0.206. The maximum atomic E-state index is 13.3. The Morgan fingerprint density at radius 2 is 2.00 bits per heavy atom. The minimum atomic E-state index is -5.13. The van der Waals surface area contributed by atoms with Crippen molar-refractivity contribution in [1.82, 2.24) is 25.3 Å². The molecule has 0 aliphatic heterocycles. The molecule has 0 radical (unpaired) electrons. The van der Waals surface area contributed by atoms with Crippen LogP contribution < -0.4 is 4.72 Å². The smallest absolute Gasteiger partial charge is 0.426 e. The van der Waals surface area contributed by atoms with Gasteiger partial charge in [-0.1, -0.05) is 0 Å². The Morgan fingerprint density at radius 1 is 1.33 bits per heavy atom. The number of aromatic nitrogens is 4. The summed E-state index contributed by atoms with van der Waals surface area (Å²) in [5.41, 5.74) is -1.72. The van der Waals surface area contributed by atoms with Crippen LogP contribution in [0.3, 0.4) is 0 Å². The van der Waals surface area contributed by atoms with Crippen LogP contribution in [-0.4, -0.2) is 57.4 Å². The second-order valence-electron chi connectivity index (χ2n) is 4.85. The van der Waals surface area contributed by atoms with Gasteiger partial charge < -0.3 is 19.3 Å². The van der Waals surface area contributed by atoms with Gasteiger partial charge in [-0.15, -0.1) is 10.2 Å². The quantitative estimate of drug-likeness (QED) is 0.277. The monoisotopic (exact) mass is 431 g/mol. The molecule has 1 aromatic carbocycles. The number of halogens is 3. The molecular formula is C9H10BF3N5O7PS. The number of sulfonamides is 1. The highest BCUT2D eigenvalue weighted by Gasteiger charge is 2.38. The van der Waals surface area contributed by atoms with Gasteiger partial charge in [0.05, 0.1) is 10.5 Å². The number of hydrogen-bond donors (Lipinski definition) is 5. The largest absolute Gasteiger partial charge is 0.478 e. The van der Waals surface area contributed by atoms with Crippen molar-refractivity contribution in [3.8, 4) is 11.4 Å². The first kappa shape index (κ1) is 21.4. The number of rotatable bonds is 7. The molecule has 18 heteroatoms. The van der Waals surface area contributed by atoms with E-state index in [0.29, 0.717) is 12.1 Å². The van der Waals surface area contributed by atoms with Crippen LogP contribution in [0.25, 0.3) is 11.4 Å². The van der Waals surface area contributed by atoms with Gasteiger partial charge in [0.15, 0.2) is 0 Å². The Hall–Kier alpha value is -1.88. The second kappa shape index (κ2) is 7.63. The fraction of sp³-hybridized carbons (Fsp3) is 0.222. The van der Waals surface area contributed by atoms with Crippen molar-refractivity contribution in [3.05, 3.63) is 23.8 Å². The van der Waals surface area contributed by atoms with Crippen LogP contribution in [0.4, 0.5) is 13.2 Å². The molecule has 12 nitrogen and oxygen atoms in total. The number of nitrogens with one attached hydrogen (secondary N) is 2. The Kier molecular flexibility index (Phi) is 6.05. The number of aromatic amines is 1. The molecule has 0 atom stereocenters. The topological polar surface area (TPSA) is 188 Å². The van der Waals surface area contributed by atoms with E-state index in [-0.39, 0.29) is 11.4 Å². The molecule has 2 rings (SSSR count). The van der Waals surface area contributed by atoms with Gasteiger partial charge >= 0.3 is 21.1 Å². The molecular weight excluding hydrogens is 421 g/mol. The molecule has 0 aliphatic rings. The van der Waals surface area contributed by atoms with Crippen LogP contribution in [0.15, 0.2) is 23.1 Å². The van der Waals surface area contributed by atoms with Crippen LogP contribution in [0.1, 0.15) is 5.56 Å². The van der Waals surface area contributed by atoms with Crippen molar-refractivity contribution in [2.75, 3.05) is 6.44 Å². The Labute approximate surface area is 149 Å². The predicted octanol–water partition coefficient (Wildman–Crippen LogP) is -0.707. The van der Waals surface area contributed by atoms with E-state index >= 15 is 0 Å². The average Bonchev–Trinajstić information content (AvgIpc) is 3.04. The first-order valence-corrected chi connectivity index (χ1v) is 9.68. The number of hydrogen-bond acceptors (Lipinski definition) is 8.